The Labute approximate surface area is 141 Å². The van der Waals surface area contributed by atoms with Crippen LogP contribution < -0.4 is 0 Å². The summed E-state index contributed by atoms with van der Waals surface area (Å²) in [6.07, 6.45) is 0.975. The number of benzene rings is 4. The first-order chi connectivity index (χ1) is 10.4. The van der Waals surface area contributed by atoms with Gasteiger partial charge >= 0.3 is 0 Å². The summed E-state index contributed by atoms with van der Waals surface area (Å²) in [4.78, 5) is 0. The molecular formula is C21H16Mn. The van der Waals surface area contributed by atoms with Crippen LogP contribution in [0.15, 0.2) is 84.9 Å². The first kappa shape index (κ1) is 14.8. The van der Waals surface area contributed by atoms with Crippen molar-refractivity contribution in [3.8, 4) is 0 Å². The molecule has 0 bridgehead atoms. The Hall–Kier alpha value is -2.08. The summed E-state index contributed by atoms with van der Waals surface area (Å²) in [7, 11) is 0. The molecule has 1 heteroatoms. The Morgan fingerprint density at radius 1 is 0.455 bits per heavy atom. The van der Waals surface area contributed by atoms with Gasteiger partial charge in [-0.2, -0.15) is 0 Å². The molecule has 0 unspecified atom stereocenters. The van der Waals surface area contributed by atoms with Gasteiger partial charge in [0.15, 0.2) is 0 Å². The van der Waals surface area contributed by atoms with Crippen LogP contribution in [0.1, 0.15) is 11.1 Å². The first-order valence-corrected chi connectivity index (χ1v) is 7.35. The second-order valence-corrected chi connectivity index (χ2v) is 5.45. The van der Waals surface area contributed by atoms with Gasteiger partial charge in [-0.3, -0.25) is 0 Å². The van der Waals surface area contributed by atoms with Crippen molar-refractivity contribution in [3.05, 3.63) is 96.1 Å². The van der Waals surface area contributed by atoms with E-state index < -0.39 is 0 Å². The molecule has 0 aromatic heterocycles. The summed E-state index contributed by atoms with van der Waals surface area (Å²) in [6, 6.07) is 30.4. The van der Waals surface area contributed by atoms with Gasteiger partial charge in [-0.05, 0) is 39.1 Å². The van der Waals surface area contributed by atoms with Gasteiger partial charge in [-0.1, -0.05) is 84.9 Å². The Kier molecular flexibility index (Phi) is 4.29. The average Bonchev–Trinajstić information content (AvgIpc) is 2.56. The Bertz CT molecular complexity index is 837. The van der Waals surface area contributed by atoms with Gasteiger partial charge in [0.1, 0.15) is 0 Å². The largest absolute Gasteiger partial charge is 0.0616 e. The van der Waals surface area contributed by atoms with Crippen molar-refractivity contribution < 1.29 is 17.1 Å². The summed E-state index contributed by atoms with van der Waals surface area (Å²) in [5.74, 6) is 0. The number of hydrogen-bond acceptors (Lipinski definition) is 0. The molecule has 0 spiro atoms. The van der Waals surface area contributed by atoms with Gasteiger partial charge in [0.25, 0.3) is 0 Å². The van der Waals surface area contributed by atoms with Crippen molar-refractivity contribution in [2.75, 3.05) is 0 Å². The molecule has 22 heavy (non-hydrogen) atoms. The van der Waals surface area contributed by atoms with Crippen LogP contribution in [0.5, 0.6) is 0 Å². The van der Waals surface area contributed by atoms with Crippen molar-refractivity contribution in [2.45, 2.75) is 6.42 Å². The molecule has 0 saturated heterocycles. The normalized spacial score (nSPS) is 10.5. The summed E-state index contributed by atoms with van der Waals surface area (Å²) in [5, 5.41) is 5.34. The third-order valence-electron chi connectivity index (χ3n) is 4.14. The molecule has 0 saturated carbocycles. The third kappa shape index (κ3) is 2.66. The van der Waals surface area contributed by atoms with Crippen molar-refractivity contribution in [2.24, 2.45) is 0 Å². The Morgan fingerprint density at radius 3 is 1.36 bits per heavy atom. The number of fused-ring (bicyclic) bond motifs is 2. The zero-order valence-corrected chi connectivity index (χ0v) is 13.3. The van der Waals surface area contributed by atoms with E-state index in [0.717, 1.165) is 6.42 Å². The second kappa shape index (κ2) is 6.35. The zero-order chi connectivity index (χ0) is 14.1. The average molecular weight is 323 g/mol. The predicted octanol–water partition coefficient (Wildman–Crippen LogP) is 5.58. The van der Waals surface area contributed by atoms with Crippen LogP contribution in [0.25, 0.3) is 21.5 Å². The van der Waals surface area contributed by atoms with Crippen LogP contribution in [0, 0.1) is 0 Å². The molecule has 1 radical (unpaired) electrons. The van der Waals surface area contributed by atoms with Crippen LogP contribution in [0.2, 0.25) is 0 Å². The molecule has 0 amide bonds. The Morgan fingerprint density at radius 2 is 0.864 bits per heavy atom. The second-order valence-electron chi connectivity index (χ2n) is 5.45. The maximum atomic E-state index is 2.24. The van der Waals surface area contributed by atoms with Gasteiger partial charge in [0.05, 0.1) is 0 Å². The summed E-state index contributed by atoms with van der Waals surface area (Å²) in [5.41, 5.74) is 2.79. The van der Waals surface area contributed by atoms with Crippen molar-refractivity contribution >= 4 is 21.5 Å². The summed E-state index contributed by atoms with van der Waals surface area (Å²) < 4.78 is 0. The number of rotatable bonds is 2. The quantitative estimate of drug-likeness (QED) is 0.422. The molecule has 0 N–H and O–H groups in total. The molecule has 107 valence electrons. The van der Waals surface area contributed by atoms with Crippen LogP contribution >= 0.6 is 0 Å². The van der Waals surface area contributed by atoms with E-state index in [4.69, 9.17) is 0 Å². The molecule has 0 nitrogen and oxygen atoms in total. The molecular weight excluding hydrogens is 307 g/mol. The minimum atomic E-state index is 0. The van der Waals surface area contributed by atoms with Crippen LogP contribution in [0.3, 0.4) is 0 Å². The van der Waals surface area contributed by atoms with Crippen LogP contribution in [-0.4, -0.2) is 0 Å². The molecule has 4 aromatic rings. The fourth-order valence-electron chi connectivity index (χ4n) is 3.10. The van der Waals surface area contributed by atoms with Gasteiger partial charge < -0.3 is 0 Å². The van der Waals surface area contributed by atoms with E-state index in [1.54, 1.807) is 0 Å². The molecule has 0 aliphatic carbocycles. The Balaban J connectivity index is 0.00000144. The first-order valence-electron chi connectivity index (χ1n) is 7.35. The number of hydrogen-bond donors (Lipinski definition) is 0. The van der Waals surface area contributed by atoms with Crippen molar-refractivity contribution in [1.82, 2.24) is 0 Å². The molecule has 4 aromatic carbocycles. The van der Waals surface area contributed by atoms with Crippen LogP contribution in [-0.2, 0) is 23.5 Å². The maximum absolute atomic E-state index is 2.24. The van der Waals surface area contributed by atoms with E-state index in [-0.39, 0.29) is 17.1 Å². The molecule has 0 aliphatic heterocycles. The molecule has 0 aliphatic rings. The summed E-state index contributed by atoms with van der Waals surface area (Å²) in [6.45, 7) is 0. The SMILES string of the molecule is [Mn].c1ccc2c(Cc3cccc4ccccc34)cccc2c1. The fraction of sp³-hybridized carbons (Fsp3) is 0.0476. The minimum absolute atomic E-state index is 0. The van der Waals surface area contributed by atoms with Gasteiger partial charge in [-0.15, -0.1) is 0 Å². The minimum Gasteiger partial charge on any atom is -0.0616 e. The molecule has 0 fully saturated rings. The molecule has 0 atom stereocenters. The van der Waals surface area contributed by atoms with Gasteiger partial charge in [0, 0.05) is 17.1 Å². The van der Waals surface area contributed by atoms with E-state index in [9.17, 15) is 0 Å². The van der Waals surface area contributed by atoms with E-state index in [2.05, 4.69) is 84.9 Å². The molecule has 4 rings (SSSR count). The summed E-state index contributed by atoms with van der Waals surface area (Å²) >= 11 is 0. The monoisotopic (exact) mass is 323 g/mol. The van der Waals surface area contributed by atoms with E-state index in [1.807, 2.05) is 0 Å². The standard InChI is InChI=1S/C21H16.Mn/c1-3-13-20-16(7-1)9-5-11-18(20)15-19-12-6-10-17-8-2-4-14-21(17)19;/h1-14H,15H2;. The van der Waals surface area contributed by atoms with Crippen LogP contribution in [0.4, 0.5) is 0 Å². The molecule has 0 heterocycles. The topological polar surface area (TPSA) is 0 Å². The van der Waals surface area contributed by atoms with E-state index in [1.165, 1.54) is 32.7 Å². The van der Waals surface area contributed by atoms with E-state index in [0.29, 0.717) is 0 Å². The smallest absolute Gasteiger partial charge is 0 e. The van der Waals surface area contributed by atoms with Gasteiger partial charge in [-0.25, -0.2) is 0 Å². The fourth-order valence-corrected chi connectivity index (χ4v) is 3.10. The van der Waals surface area contributed by atoms with Crippen molar-refractivity contribution in [1.29, 1.82) is 0 Å². The zero-order valence-electron chi connectivity index (χ0n) is 12.2. The third-order valence-corrected chi connectivity index (χ3v) is 4.14. The maximum Gasteiger partial charge on any atom is 0 e. The van der Waals surface area contributed by atoms with E-state index >= 15 is 0 Å². The van der Waals surface area contributed by atoms with Gasteiger partial charge in [0.2, 0.25) is 0 Å². The van der Waals surface area contributed by atoms with Crippen molar-refractivity contribution in [3.63, 3.8) is 0 Å². The predicted molar refractivity (Wildman–Crippen MR) is 90.7 cm³/mol.